The van der Waals surface area contributed by atoms with Gasteiger partial charge in [0, 0.05) is 16.7 Å². The standard InChI is InChI=1S/C17H20BrNO/c1-4-20-16-7-5-14(6-8-16)11-19-17-12(2)9-15(18)10-13(17)3/h5-10,19H,4,11H2,1-3H3. The van der Waals surface area contributed by atoms with Gasteiger partial charge in [-0.3, -0.25) is 0 Å². The second-order valence-corrected chi connectivity index (χ2v) is 5.76. The maximum absolute atomic E-state index is 5.45. The Labute approximate surface area is 129 Å². The van der Waals surface area contributed by atoms with Crippen LogP contribution in [0.4, 0.5) is 5.69 Å². The SMILES string of the molecule is CCOc1ccc(CNc2c(C)cc(Br)cc2C)cc1. The van der Waals surface area contributed by atoms with Crippen molar-refractivity contribution in [1.29, 1.82) is 0 Å². The molecule has 0 atom stereocenters. The summed E-state index contributed by atoms with van der Waals surface area (Å²) >= 11 is 3.52. The van der Waals surface area contributed by atoms with Gasteiger partial charge < -0.3 is 10.1 Å². The van der Waals surface area contributed by atoms with Gasteiger partial charge in [-0.25, -0.2) is 0 Å². The lowest BCUT2D eigenvalue weighted by Gasteiger charge is -2.14. The van der Waals surface area contributed by atoms with Crippen LogP contribution in [0.2, 0.25) is 0 Å². The topological polar surface area (TPSA) is 21.3 Å². The molecule has 0 aliphatic rings. The van der Waals surface area contributed by atoms with Gasteiger partial charge in [0.25, 0.3) is 0 Å². The largest absolute Gasteiger partial charge is 0.494 e. The van der Waals surface area contributed by atoms with E-state index in [1.165, 1.54) is 22.4 Å². The molecule has 0 aliphatic carbocycles. The van der Waals surface area contributed by atoms with Gasteiger partial charge in [-0.2, -0.15) is 0 Å². The fourth-order valence-corrected chi connectivity index (χ4v) is 2.94. The fraction of sp³-hybridized carbons (Fsp3) is 0.294. The molecule has 2 rings (SSSR count). The summed E-state index contributed by atoms with van der Waals surface area (Å²) in [5, 5.41) is 3.51. The average Bonchev–Trinajstić information content (AvgIpc) is 2.39. The first-order valence-electron chi connectivity index (χ1n) is 6.82. The van der Waals surface area contributed by atoms with Crippen LogP contribution in [0.5, 0.6) is 5.75 Å². The molecule has 0 spiro atoms. The van der Waals surface area contributed by atoms with Crippen molar-refractivity contribution in [3.05, 3.63) is 57.6 Å². The number of hydrogen-bond acceptors (Lipinski definition) is 2. The molecule has 0 amide bonds. The molecular formula is C17H20BrNO. The average molecular weight is 334 g/mol. The highest BCUT2D eigenvalue weighted by Gasteiger charge is 2.04. The third kappa shape index (κ3) is 3.76. The molecule has 20 heavy (non-hydrogen) atoms. The number of nitrogens with one attached hydrogen (secondary N) is 1. The van der Waals surface area contributed by atoms with E-state index in [1.807, 2.05) is 19.1 Å². The van der Waals surface area contributed by atoms with Crippen molar-refractivity contribution in [1.82, 2.24) is 0 Å². The first kappa shape index (κ1) is 14.9. The zero-order valence-corrected chi connectivity index (χ0v) is 13.8. The fourth-order valence-electron chi connectivity index (χ4n) is 2.25. The molecule has 0 bridgehead atoms. The third-order valence-electron chi connectivity index (χ3n) is 3.20. The van der Waals surface area contributed by atoms with Crippen molar-refractivity contribution in [2.24, 2.45) is 0 Å². The highest BCUT2D eigenvalue weighted by Crippen LogP contribution is 2.25. The summed E-state index contributed by atoms with van der Waals surface area (Å²) in [6.45, 7) is 7.76. The molecule has 0 aromatic heterocycles. The summed E-state index contributed by atoms with van der Waals surface area (Å²) in [5.41, 5.74) is 4.96. The van der Waals surface area contributed by atoms with Crippen LogP contribution < -0.4 is 10.1 Å². The Bertz CT molecular complexity index is 555. The maximum atomic E-state index is 5.45. The third-order valence-corrected chi connectivity index (χ3v) is 3.66. The Morgan fingerprint density at radius 2 is 1.65 bits per heavy atom. The highest BCUT2D eigenvalue weighted by molar-refractivity contribution is 9.10. The maximum Gasteiger partial charge on any atom is 0.119 e. The lowest BCUT2D eigenvalue weighted by molar-refractivity contribution is 0.340. The van der Waals surface area contributed by atoms with Crippen molar-refractivity contribution in [3.63, 3.8) is 0 Å². The molecular weight excluding hydrogens is 314 g/mol. The van der Waals surface area contributed by atoms with Gasteiger partial charge >= 0.3 is 0 Å². The van der Waals surface area contributed by atoms with Gasteiger partial charge in [0.15, 0.2) is 0 Å². The number of ether oxygens (including phenoxy) is 1. The number of rotatable bonds is 5. The summed E-state index contributed by atoms with van der Waals surface area (Å²) in [4.78, 5) is 0. The van der Waals surface area contributed by atoms with E-state index in [4.69, 9.17) is 4.74 Å². The summed E-state index contributed by atoms with van der Waals surface area (Å²) in [7, 11) is 0. The Hall–Kier alpha value is -1.48. The molecule has 1 N–H and O–H groups in total. The summed E-state index contributed by atoms with van der Waals surface area (Å²) < 4.78 is 6.57. The zero-order valence-electron chi connectivity index (χ0n) is 12.2. The quantitative estimate of drug-likeness (QED) is 0.824. The molecule has 2 aromatic rings. The molecule has 0 heterocycles. The van der Waals surface area contributed by atoms with Crippen molar-refractivity contribution in [2.45, 2.75) is 27.3 Å². The first-order valence-corrected chi connectivity index (χ1v) is 7.62. The second-order valence-electron chi connectivity index (χ2n) is 4.85. The molecule has 0 radical (unpaired) electrons. The van der Waals surface area contributed by atoms with E-state index >= 15 is 0 Å². The number of hydrogen-bond donors (Lipinski definition) is 1. The van der Waals surface area contributed by atoms with Gasteiger partial charge in [-0.1, -0.05) is 28.1 Å². The Morgan fingerprint density at radius 1 is 1.05 bits per heavy atom. The zero-order chi connectivity index (χ0) is 14.5. The molecule has 2 nitrogen and oxygen atoms in total. The monoisotopic (exact) mass is 333 g/mol. The van der Waals surface area contributed by atoms with Gasteiger partial charge in [-0.05, 0) is 61.7 Å². The summed E-state index contributed by atoms with van der Waals surface area (Å²) in [6, 6.07) is 12.5. The van der Waals surface area contributed by atoms with Crippen LogP contribution in [0.15, 0.2) is 40.9 Å². The molecule has 0 saturated carbocycles. The normalized spacial score (nSPS) is 10.4. The number of benzene rings is 2. The lowest BCUT2D eigenvalue weighted by atomic mass is 10.1. The highest BCUT2D eigenvalue weighted by atomic mass is 79.9. The Morgan fingerprint density at radius 3 is 2.20 bits per heavy atom. The van der Waals surface area contributed by atoms with Crippen LogP contribution in [0.25, 0.3) is 0 Å². The first-order chi connectivity index (χ1) is 9.60. The Kier molecular flexibility index (Phi) is 5.07. The van der Waals surface area contributed by atoms with E-state index in [-0.39, 0.29) is 0 Å². The predicted molar refractivity (Wildman–Crippen MR) is 88.6 cm³/mol. The van der Waals surface area contributed by atoms with E-state index in [9.17, 15) is 0 Å². The lowest BCUT2D eigenvalue weighted by Crippen LogP contribution is -2.03. The van der Waals surface area contributed by atoms with Crippen LogP contribution in [0.1, 0.15) is 23.6 Å². The van der Waals surface area contributed by atoms with Gasteiger partial charge in [0.1, 0.15) is 5.75 Å². The molecule has 0 saturated heterocycles. The minimum atomic E-state index is 0.703. The second kappa shape index (κ2) is 6.80. The van der Waals surface area contributed by atoms with Gasteiger partial charge in [-0.15, -0.1) is 0 Å². The number of halogens is 1. The summed E-state index contributed by atoms with van der Waals surface area (Å²) in [5.74, 6) is 0.923. The van der Waals surface area contributed by atoms with Crippen molar-refractivity contribution in [2.75, 3.05) is 11.9 Å². The molecule has 3 heteroatoms. The van der Waals surface area contributed by atoms with Crippen LogP contribution in [0.3, 0.4) is 0 Å². The van der Waals surface area contributed by atoms with E-state index < -0.39 is 0 Å². The van der Waals surface area contributed by atoms with Gasteiger partial charge in [0.2, 0.25) is 0 Å². The van der Waals surface area contributed by atoms with Crippen molar-refractivity contribution < 1.29 is 4.74 Å². The van der Waals surface area contributed by atoms with Crippen LogP contribution in [-0.2, 0) is 6.54 Å². The Balaban J connectivity index is 2.05. The van der Waals surface area contributed by atoms with Crippen LogP contribution in [-0.4, -0.2) is 6.61 Å². The molecule has 0 fully saturated rings. The van der Waals surface area contributed by atoms with Crippen molar-refractivity contribution >= 4 is 21.6 Å². The van der Waals surface area contributed by atoms with Crippen molar-refractivity contribution in [3.8, 4) is 5.75 Å². The molecule has 106 valence electrons. The number of anilines is 1. The molecule has 0 unspecified atom stereocenters. The van der Waals surface area contributed by atoms with Crippen LogP contribution >= 0.6 is 15.9 Å². The molecule has 0 aliphatic heterocycles. The van der Waals surface area contributed by atoms with E-state index in [2.05, 4.69) is 59.4 Å². The number of aryl methyl sites for hydroxylation is 2. The minimum Gasteiger partial charge on any atom is -0.494 e. The minimum absolute atomic E-state index is 0.703. The van der Waals surface area contributed by atoms with E-state index in [0.717, 1.165) is 16.8 Å². The predicted octanol–water partition coefficient (Wildman–Crippen LogP) is 5.08. The molecule has 2 aromatic carbocycles. The summed E-state index contributed by atoms with van der Waals surface area (Å²) in [6.07, 6.45) is 0. The van der Waals surface area contributed by atoms with E-state index in [1.54, 1.807) is 0 Å². The smallest absolute Gasteiger partial charge is 0.119 e. The van der Waals surface area contributed by atoms with Crippen LogP contribution in [0, 0.1) is 13.8 Å². The van der Waals surface area contributed by atoms with E-state index in [0.29, 0.717) is 6.61 Å². The van der Waals surface area contributed by atoms with Gasteiger partial charge in [0.05, 0.1) is 6.61 Å².